The summed E-state index contributed by atoms with van der Waals surface area (Å²) in [6.45, 7) is 2.52. The van der Waals surface area contributed by atoms with Crippen LogP contribution in [0.3, 0.4) is 0 Å². The van der Waals surface area contributed by atoms with Gasteiger partial charge in [-0.15, -0.1) is 0 Å². The molecule has 0 amide bonds. The second-order valence-corrected chi connectivity index (χ2v) is 3.29. The van der Waals surface area contributed by atoms with E-state index >= 15 is 0 Å². The van der Waals surface area contributed by atoms with Gasteiger partial charge in [-0.2, -0.15) is 0 Å². The Hall–Kier alpha value is -2.07. The Morgan fingerprint density at radius 2 is 1.40 bits per heavy atom. The van der Waals surface area contributed by atoms with Gasteiger partial charge in [-0.3, -0.25) is 0 Å². The van der Waals surface area contributed by atoms with E-state index in [1.54, 1.807) is 0 Å². The SMILES string of the molecule is CC(CCN=[N+]=[N-])(CN=[N+]=[N-])CN=[N+]=[N-]. The van der Waals surface area contributed by atoms with Crippen LogP contribution in [-0.2, 0) is 0 Å². The van der Waals surface area contributed by atoms with Gasteiger partial charge in [0.2, 0.25) is 0 Å². The zero-order valence-corrected chi connectivity index (χ0v) is 8.35. The van der Waals surface area contributed by atoms with Gasteiger partial charge in [0.15, 0.2) is 0 Å². The summed E-state index contributed by atoms with van der Waals surface area (Å²) in [6.07, 6.45) is 0.509. The van der Waals surface area contributed by atoms with Crippen LogP contribution in [0.1, 0.15) is 13.3 Å². The first-order valence-electron chi connectivity index (χ1n) is 4.21. The maximum atomic E-state index is 8.20. The number of rotatable bonds is 7. The summed E-state index contributed by atoms with van der Waals surface area (Å²) in [5, 5.41) is 10.3. The number of nitrogens with zero attached hydrogens (tertiary/aromatic N) is 9. The van der Waals surface area contributed by atoms with Crippen molar-refractivity contribution in [2.24, 2.45) is 20.8 Å². The highest BCUT2D eigenvalue weighted by atomic mass is 15.2. The second kappa shape index (κ2) is 7.34. The zero-order valence-electron chi connectivity index (χ0n) is 8.35. The molecule has 0 aromatic rings. The smallest absolute Gasteiger partial charge is 0.0313 e. The molecule has 0 saturated heterocycles. The predicted molar refractivity (Wildman–Crippen MR) is 54.8 cm³/mol. The first kappa shape index (κ1) is 12.9. The lowest BCUT2D eigenvalue weighted by molar-refractivity contribution is 0.325. The second-order valence-electron chi connectivity index (χ2n) is 3.29. The molecule has 0 heterocycles. The summed E-state index contributed by atoms with van der Waals surface area (Å²) in [5.41, 5.74) is 24.1. The largest absolute Gasteiger partial charge is 0.0940 e. The van der Waals surface area contributed by atoms with Crippen molar-refractivity contribution >= 4 is 0 Å². The summed E-state index contributed by atoms with van der Waals surface area (Å²) in [6, 6.07) is 0. The molecule has 0 bridgehead atoms. The maximum absolute atomic E-state index is 8.20. The van der Waals surface area contributed by atoms with Crippen LogP contribution in [0, 0.1) is 5.41 Å². The minimum absolute atomic E-state index is 0.212. The fourth-order valence-electron chi connectivity index (χ4n) is 0.977. The normalized spacial score (nSPS) is 12.6. The Bertz CT molecular complexity index is 309. The highest BCUT2D eigenvalue weighted by Gasteiger charge is 2.21. The van der Waals surface area contributed by atoms with E-state index in [1.165, 1.54) is 0 Å². The maximum Gasteiger partial charge on any atom is 0.0313 e. The van der Waals surface area contributed by atoms with Crippen molar-refractivity contribution in [2.75, 3.05) is 19.6 Å². The van der Waals surface area contributed by atoms with E-state index in [0.29, 0.717) is 6.42 Å². The lowest BCUT2D eigenvalue weighted by Crippen LogP contribution is -2.24. The summed E-state index contributed by atoms with van der Waals surface area (Å²) in [4.78, 5) is 7.91. The third-order valence-electron chi connectivity index (χ3n) is 1.91. The first-order chi connectivity index (χ1) is 7.18. The van der Waals surface area contributed by atoms with Crippen LogP contribution in [0.15, 0.2) is 15.3 Å². The molecule has 0 unspecified atom stereocenters. The van der Waals surface area contributed by atoms with Crippen molar-refractivity contribution in [3.8, 4) is 0 Å². The number of hydrogen-bond donors (Lipinski definition) is 0. The minimum Gasteiger partial charge on any atom is -0.0940 e. The Kier molecular flexibility index (Phi) is 6.33. The topological polar surface area (TPSA) is 146 Å². The van der Waals surface area contributed by atoms with Gasteiger partial charge in [0.25, 0.3) is 0 Å². The standard InChI is InChI=1S/C6H11N9/c1-6(4-11-14-8,5-12-15-9)2-3-10-13-7/h2-5H2,1H3. The molecule has 15 heavy (non-hydrogen) atoms. The van der Waals surface area contributed by atoms with E-state index in [0.717, 1.165) is 0 Å². The van der Waals surface area contributed by atoms with Gasteiger partial charge in [-0.1, -0.05) is 22.3 Å². The average Bonchev–Trinajstić information content (AvgIpc) is 2.24. The van der Waals surface area contributed by atoms with Gasteiger partial charge in [-0.05, 0) is 28.4 Å². The molecule has 0 saturated carbocycles. The summed E-state index contributed by atoms with van der Waals surface area (Å²) in [7, 11) is 0. The van der Waals surface area contributed by atoms with Crippen LogP contribution in [0.2, 0.25) is 0 Å². The zero-order chi connectivity index (χ0) is 11.6. The Morgan fingerprint density at radius 3 is 1.80 bits per heavy atom. The van der Waals surface area contributed by atoms with Gasteiger partial charge in [-0.25, -0.2) is 0 Å². The Balaban J connectivity index is 4.43. The Labute approximate surface area is 86.0 Å². The van der Waals surface area contributed by atoms with Crippen LogP contribution < -0.4 is 0 Å². The molecule has 0 aromatic carbocycles. The van der Waals surface area contributed by atoms with Gasteiger partial charge >= 0.3 is 0 Å². The van der Waals surface area contributed by atoms with E-state index in [-0.39, 0.29) is 19.6 Å². The van der Waals surface area contributed by atoms with Crippen LogP contribution >= 0.6 is 0 Å². The molecule has 80 valence electrons. The third kappa shape index (κ3) is 6.06. The average molecular weight is 209 g/mol. The molecule has 9 nitrogen and oxygen atoms in total. The van der Waals surface area contributed by atoms with Crippen molar-refractivity contribution < 1.29 is 0 Å². The quantitative estimate of drug-likeness (QED) is 0.343. The number of hydrogen-bond acceptors (Lipinski definition) is 3. The lowest BCUT2D eigenvalue weighted by atomic mass is 9.87. The molecule has 0 spiro atoms. The van der Waals surface area contributed by atoms with Crippen LogP contribution in [-0.4, -0.2) is 19.6 Å². The van der Waals surface area contributed by atoms with Crippen molar-refractivity contribution in [2.45, 2.75) is 13.3 Å². The summed E-state index contributed by atoms with van der Waals surface area (Å²) < 4.78 is 0. The summed E-state index contributed by atoms with van der Waals surface area (Å²) >= 11 is 0. The van der Waals surface area contributed by atoms with Gasteiger partial charge in [0.05, 0.1) is 0 Å². The Morgan fingerprint density at radius 1 is 0.933 bits per heavy atom. The molecule has 0 rings (SSSR count). The molecule has 0 aliphatic carbocycles. The van der Waals surface area contributed by atoms with Crippen molar-refractivity contribution in [3.05, 3.63) is 31.3 Å². The van der Waals surface area contributed by atoms with Crippen molar-refractivity contribution in [1.82, 2.24) is 0 Å². The predicted octanol–water partition coefficient (Wildman–Crippen LogP) is 3.31. The fraction of sp³-hybridized carbons (Fsp3) is 1.00. The van der Waals surface area contributed by atoms with Crippen LogP contribution in [0.4, 0.5) is 0 Å². The van der Waals surface area contributed by atoms with Crippen LogP contribution in [0.5, 0.6) is 0 Å². The fourth-order valence-corrected chi connectivity index (χ4v) is 0.977. The molecular formula is C6H11N9. The molecule has 0 aliphatic heterocycles. The van der Waals surface area contributed by atoms with Gasteiger partial charge < -0.3 is 0 Å². The summed E-state index contributed by atoms with van der Waals surface area (Å²) in [5.74, 6) is 0. The highest BCUT2D eigenvalue weighted by molar-refractivity contribution is 4.80. The van der Waals surface area contributed by atoms with E-state index in [4.69, 9.17) is 16.6 Å². The van der Waals surface area contributed by atoms with Gasteiger partial charge in [0, 0.05) is 34.4 Å². The molecule has 0 atom stereocenters. The molecule has 0 N–H and O–H groups in total. The van der Waals surface area contributed by atoms with Crippen molar-refractivity contribution in [1.29, 1.82) is 0 Å². The minimum atomic E-state index is -0.452. The molecule has 9 heteroatoms. The molecule has 0 aliphatic rings. The highest BCUT2D eigenvalue weighted by Crippen LogP contribution is 2.22. The molecular weight excluding hydrogens is 198 g/mol. The molecule has 0 fully saturated rings. The van der Waals surface area contributed by atoms with Gasteiger partial charge in [0.1, 0.15) is 0 Å². The van der Waals surface area contributed by atoms with Crippen molar-refractivity contribution in [3.63, 3.8) is 0 Å². The number of azide groups is 3. The van der Waals surface area contributed by atoms with E-state index in [1.807, 2.05) is 6.92 Å². The van der Waals surface area contributed by atoms with E-state index in [9.17, 15) is 0 Å². The monoisotopic (exact) mass is 209 g/mol. The van der Waals surface area contributed by atoms with Crippen LogP contribution in [0.25, 0.3) is 31.3 Å². The lowest BCUT2D eigenvalue weighted by Gasteiger charge is -2.24. The molecule has 0 radical (unpaired) electrons. The first-order valence-corrected chi connectivity index (χ1v) is 4.21. The molecule has 0 aromatic heterocycles. The van der Waals surface area contributed by atoms with E-state index < -0.39 is 5.41 Å². The van der Waals surface area contributed by atoms with E-state index in [2.05, 4.69) is 30.1 Å². The third-order valence-corrected chi connectivity index (χ3v) is 1.91.